The number of ether oxygens (including phenoxy) is 2. The van der Waals surface area contributed by atoms with Crippen molar-refractivity contribution >= 4 is 0 Å². The summed E-state index contributed by atoms with van der Waals surface area (Å²) >= 11 is 0. The summed E-state index contributed by atoms with van der Waals surface area (Å²) in [6, 6.07) is 0. The SMILES string of the molecule is CC.COC1=CC=CC(C)C=C1OC. The smallest absolute Gasteiger partial charge is 0.160 e. The van der Waals surface area contributed by atoms with Crippen LogP contribution in [-0.2, 0) is 9.47 Å². The standard InChI is InChI=1S/C10H14O2.C2H6/c1-8-5-4-6-9(11-2)10(7-8)12-3;1-2/h4-8H,1-3H3;1-2H3. The fourth-order valence-corrected chi connectivity index (χ4v) is 1.11. The lowest BCUT2D eigenvalue weighted by molar-refractivity contribution is 0.219. The lowest BCUT2D eigenvalue weighted by atomic mass is 10.1. The normalized spacial score (nSPS) is 19.6. The molecule has 0 spiro atoms. The number of hydrogen-bond acceptors (Lipinski definition) is 2. The van der Waals surface area contributed by atoms with E-state index in [4.69, 9.17) is 9.47 Å². The lowest BCUT2D eigenvalue weighted by Gasteiger charge is -2.08. The first-order valence-electron chi connectivity index (χ1n) is 4.96. The molecule has 0 fully saturated rings. The molecule has 0 bridgehead atoms. The molecule has 1 aliphatic carbocycles. The molecule has 1 unspecified atom stereocenters. The van der Waals surface area contributed by atoms with Crippen LogP contribution in [0.15, 0.2) is 35.8 Å². The van der Waals surface area contributed by atoms with Gasteiger partial charge in [0.05, 0.1) is 14.2 Å². The Kier molecular flexibility index (Phi) is 6.63. The Bertz CT molecular complexity index is 237. The second kappa shape index (κ2) is 7.25. The molecule has 0 aromatic heterocycles. The Balaban J connectivity index is 0.000000791. The quantitative estimate of drug-likeness (QED) is 0.674. The van der Waals surface area contributed by atoms with Gasteiger partial charge in [0.15, 0.2) is 11.5 Å². The summed E-state index contributed by atoms with van der Waals surface area (Å²) in [5, 5.41) is 0. The van der Waals surface area contributed by atoms with Gasteiger partial charge in [0, 0.05) is 0 Å². The van der Waals surface area contributed by atoms with E-state index in [1.165, 1.54) is 0 Å². The van der Waals surface area contributed by atoms with Crippen LogP contribution in [0.3, 0.4) is 0 Å². The molecular weight excluding hydrogens is 176 g/mol. The minimum absolute atomic E-state index is 0.392. The zero-order valence-electron chi connectivity index (χ0n) is 9.70. The van der Waals surface area contributed by atoms with Crippen molar-refractivity contribution in [3.63, 3.8) is 0 Å². The van der Waals surface area contributed by atoms with Crippen molar-refractivity contribution in [3.05, 3.63) is 35.8 Å². The van der Waals surface area contributed by atoms with E-state index in [2.05, 4.69) is 13.0 Å². The van der Waals surface area contributed by atoms with Gasteiger partial charge in [-0.25, -0.2) is 0 Å². The van der Waals surface area contributed by atoms with Gasteiger partial charge in [-0.2, -0.15) is 0 Å². The molecule has 0 aliphatic heterocycles. The summed E-state index contributed by atoms with van der Waals surface area (Å²) in [7, 11) is 3.29. The predicted octanol–water partition coefficient (Wildman–Crippen LogP) is 3.28. The van der Waals surface area contributed by atoms with E-state index < -0.39 is 0 Å². The summed E-state index contributed by atoms with van der Waals surface area (Å²) in [6.07, 6.45) is 7.99. The van der Waals surface area contributed by atoms with Gasteiger partial charge in [-0.15, -0.1) is 0 Å². The fourth-order valence-electron chi connectivity index (χ4n) is 1.11. The largest absolute Gasteiger partial charge is 0.493 e. The van der Waals surface area contributed by atoms with Crippen LogP contribution < -0.4 is 0 Å². The van der Waals surface area contributed by atoms with Gasteiger partial charge in [-0.3, -0.25) is 0 Å². The van der Waals surface area contributed by atoms with Crippen molar-refractivity contribution < 1.29 is 9.47 Å². The molecule has 2 nitrogen and oxygen atoms in total. The molecule has 1 aliphatic rings. The number of hydrogen-bond donors (Lipinski definition) is 0. The van der Waals surface area contributed by atoms with Crippen molar-refractivity contribution in [1.82, 2.24) is 0 Å². The molecule has 80 valence electrons. The van der Waals surface area contributed by atoms with E-state index in [1.54, 1.807) is 14.2 Å². The van der Waals surface area contributed by atoms with E-state index in [9.17, 15) is 0 Å². The zero-order chi connectivity index (χ0) is 11.0. The molecule has 0 saturated carbocycles. The molecule has 2 heteroatoms. The number of rotatable bonds is 2. The third-order valence-corrected chi connectivity index (χ3v) is 1.76. The number of allylic oxidation sites excluding steroid dienone is 4. The Morgan fingerprint density at radius 2 is 1.64 bits per heavy atom. The van der Waals surface area contributed by atoms with E-state index in [-0.39, 0.29) is 0 Å². The van der Waals surface area contributed by atoms with Gasteiger partial charge in [0.2, 0.25) is 0 Å². The van der Waals surface area contributed by atoms with Crippen LogP contribution in [0.5, 0.6) is 0 Å². The molecule has 0 aromatic carbocycles. The molecule has 1 atom stereocenters. The van der Waals surface area contributed by atoms with Crippen LogP contribution in [0.2, 0.25) is 0 Å². The first-order chi connectivity index (χ1) is 6.77. The van der Waals surface area contributed by atoms with Gasteiger partial charge in [-0.05, 0) is 18.1 Å². The second-order valence-corrected chi connectivity index (χ2v) is 2.71. The molecule has 0 saturated heterocycles. The van der Waals surface area contributed by atoms with Crippen molar-refractivity contribution in [2.45, 2.75) is 20.8 Å². The van der Waals surface area contributed by atoms with E-state index in [0.29, 0.717) is 5.92 Å². The topological polar surface area (TPSA) is 18.5 Å². The highest BCUT2D eigenvalue weighted by Gasteiger charge is 2.08. The van der Waals surface area contributed by atoms with Crippen molar-refractivity contribution in [1.29, 1.82) is 0 Å². The summed E-state index contributed by atoms with van der Waals surface area (Å²) in [4.78, 5) is 0. The second-order valence-electron chi connectivity index (χ2n) is 2.71. The maximum absolute atomic E-state index is 5.17. The van der Waals surface area contributed by atoms with Crippen molar-refractivity contribution in [2.75, 3.05) is 14.2 Å². The highest BCUT2D eigenvalue weighted by molar-refractivity contribution is 5.29. The van der Waals surface area contributed by atoms with Gasteiger partial charge in [-0.1, -0.05) is 32.9 Å². The van der Waals surface area contributed by atoms with Crippen LogP contribution >= 0.6 is 0 Å². The molecule has 0 heterocycles. The monoisotopic (exact) mass is 196 g/mol. The first-order valence-corrected chi connectivity index (χ1v) is 4.96. The zero-order valence-corrected chi connectivity index (χ0v) is 9.70. The Morgan fingerprint density at radius 3 is 2.14 bits per heavy atom. The van der Waals surface area contributed by atoms with Crippen LogP contribution in [-0.4, -0.2) is 14.2 Å². The summed E-state index contributed by atoms with van der Waals surface area (Å²) in [6.45, 7) is 6.10. The Hall–Kier alpha value is -1.18. The van der Waals surface area contributed by atoms with Crippen molar-refractivity contribution in [2.24, 2.45) is 5.92 Å². The molecule has 1 rings (SSSR count). The predicted molar refractivity (Wildman–Crippen MR) is 59.8 cm³/mol. The molecule has 0 amide bonds. The number of methoxy groups -OCH3 is 2. The highest BCUT2D eigenvalue weighted by Crippen LogP contribution is 2.18. The summed E-state index contributed by atoms with van der Waals surface area (Å²) in [5.74, 6) is 1.97. The molecule has 14 heavy (non-hydrogen) atoms. The van der Waals surface area contributed by atoms with Crippen LogP contribution in [0, 0.1) is 5.92 Å². The third kappa shape index (κ3) is 3.69. The molecule has 0 N–H and O–H groups in total. The van der Waals surface area contributed by atoms with Crippen LogP contribution in [0.4, 0.5) is 0 Å². The summed E-state index contributed by atoms with van der Waals surface area (Å²) in [5.41, 5.74) is 0. The lowest BCUT2D eigenvalue weighted by Crippen LogP contribution is -1.95. The van der Waals surface area contributed by atoms with Crippen LogP contribution in [0.1, 0.15) is 20.8 Å². The Labute approximate surface area is 86.9 Å². The maximum Gasteiger partial charge on any atom is 0.160 e. The third-order valence-electron chi connectivity index (χ3n) is 1.76. The maximum atomic E-state index is 5.17. The summed E-state index contributed by atoms with van der Waals surface area (Å²) < 4.78 is 10.3. The van der Waals surface area contributed by atoms with E-state index in [1.807, 2.05) is 32.1 Å². The Morgan fingerprint density at radius 1 is 1.07 bits per heavy atom. The van der Waals surface area contributed by atoms with Crippen molar-refractivity contribution in [3.8, 4) is 0 Å². The van der Waals surface area contributed by atoms with E-state index >= 15 is 0 Å². The molecule has 0 radical (unpaired) electrons. The van der Waals surface area contributed by atoms with Gasteiger partial charge < -0.3 is 9.47 Å². The van der Waals surface area contributed by atoms with Crippen LogP contribution in [0.25, 0.3) is 0 Å². The van der Waals surface area contributed by atoms with Gasteiger partial charge >= 0.3 is 0 Å². The van der Waals surface area contributed by atoms with Gasteiger partial charge in [0.25, 0.3) is 0 Å². The average molecular weight is 196 g/mol. The van der Waals surface area contributed by atoms with E-state index in [0.717, 1.165) is 11.5 Å². The minimum atomic E-state index is 0.392. The molecular formula is C12H20O2. The van der Waals surface area contributed by atoms with Gasteiger partial charge in [0.1, 0.15) is 0 Å². The minimum Gasteiger partial charge on any atom is -0.493 e. The average Bonchev–Trinajstić information content (AvgIpc) is 2.42. The fraction of sp³-hybridized carbons (Fsp3) is 0.500. The molecule has 0 aromatic rings. The first kappa shape index (κ1) is 12.8. The highest BCUT2D eigenvalue weighted by atomic mass is 16.5.